The van der Waals surface area contributed by atoms with Gasteiger partial charge in [0.1, 0.15) is 0 Å². The first kappa shape index (κ1) is 12.7. The maximum atomic E-state index is 5.68. The predicted octanol–water partition coefficient (Wildman–Crippen LogP) is 2.16. The Bertz CT molecular complexity index is 297. The Kier molecular flexibility index (Phi) is 5.29. The molecule has 2 nitrogen and oxygen atoms in total. The van der Waals surface area contributed by atoms with E-state index in [0.29, 0.717) is 24.9 Å². The average Bonchev–Trinajstić information content (AvgIpc) is 2.19. The van der Waals surface area contributed by atoms with E-state index >= 15 is 0 Å². The summed E-state index contributed by atoms with van der Waals surface area (Å²) < 4.78 is 1.13. The predicted molar refractivity (Wildman–Crippen MR) is 68.6 cm³/mol. The minimum Gasteiger partial charge on any atom is -0.330 e. The van der Waals surface area contributed by atoms with Crippen LogP contribution in [0.25, 0.3) is 0 Å². The molecule has 0 radical (unpaired) electrons. The van der Waals surface area contributed by atoms with Crippen molar-refractivity contribution >= 4 is 15.9 Å². The highest BCUT2D eigenvalue weighted by molar-refractivity contribution is 9.10. The molecule has 1 atom stereocenters. The van der Waals surface area contributed by atoms with Crippen molar-refractivity contribution in [1.82, 2.24) is 0 Å². The summed E-state index contributed by atoms with van der Waals surface area (Å²) in [7, 11) is 0. The van der Waals surface area contributed by atoms with Gasteiger partial charge in [-0.2, -0.15) is 0 Å². The lowest BCUT2D eigenvalue weighted by Gasteiger charge is -2.20. The van der Waals surface area contributed by atoms with E-state index in [1.807, 2.05) is 6.07 Å². The molecule has 1 aromatic carbocycles. The topological polar surface area (TPSA) is 52.0 Å². The number of hydrogen-bond acceptors (Lipinski definition) is 2. The number of rotatable bonds is 5. The van der Waals surface area contributed by atoms with E-state index in [1.54, 1.807) is 0 Å². The Balaban J connectivity index is 2.61. The molecule has 84 valence electrons. The van der Waals surface area contributed by atoms with Crippen LogP contribution in [0.5, 0.6) is 0 Å². The molecular weight excluding hydrogens is 252 g/mol. The summed E-state index contributed by atoms with van der Waals surface area (Å²) in [5.41, 5.74) is 12.7. The van der Waals surface area contributed by atoms with Crippen molar-refractivity contribution in [3.63, 3.8) is 0 Å². The standard InChI is InChI=1S/C12H19BrN2/c1-9(11(7-14)8-15)5-10-3-2-4-12(13)6-10/h2-4,6,9,11H,5,7-8,14-15H2,1H3. The van der Waals surface area contributed by atoms with Crippen molar-refractivity contribution in [2.75, 3.05) is 13.1 Å². The fourth-order valence-corrected chi connectivity index (χ4v) is 2.21. The van der Waals surface area contributed by atoms with Crippen molar-refractivity contribution in [2.45, 2.75) is 13.3 Å². The van der Waals surface area contributed by atoms with Crippen LogP contribution in [0.15, 0.2) is 28.7 Å². The molecule has 0 saturated heterocycles. The van der Waals surface area contributed by atoms with Crippen LogP contribution in [0.4, 0.5) is 0 Å². The summed E-state index contributed by atoms with van der Waals surface area (Å²) in [6, 6.07) is 8.40. The number of hydrogen-bond donors (Lipinski definition) is 2. The molecule has 3 heteroatoms. The first-order valence-electron chi connectivity index (χ1n) is 5.32. The lowest BCUT2D eigenvalue weighted by molar-refractivity contribution is 0.372. The second-order valence-electron chi connectivity index (χ2n) is 4.04. The van der Waals surface area contributed by atoms with Crippen LogP contribution in [-0.4, -0.2) is 13.1 Å². The number of halogens is 1. The zero-order chi connectivity index (χ0) is 11.3. The highest BCUT2D eigenvalue weighted by Gasteiger charge is 2.14. The first-order valence-corrected chi connectivity index (χ1v) is 6.11. The molecule has 0 aliphatic carbocycles. The first-order chi connectivity index (χ1) is 7.17. The normalized spacial score (nSPS) is 13.1. The molecule has 15 heavy (non-hydrogen) atoms. The van der Waals surface area contributed by atoms with Crippen LogP contribution < -0.4 is 11.5 Å². The molecule has 1 rings (SSSR count). The third-order valence-electron chi connectivity index (χ3n) is 2.86. The lowest BCUT2D eigenvalue weighted by atomic mass is 9.88. The summed E-state index contributed by atoms with van der Waals surface area (Å²) in [6.45, 7) is 3.56. The third-order valence-corrected chi connectivity index (χ3v) is 3.35. The van der Waals surface area contributed by atoms with Crippen molar-refractivity contribution in [2.24, 2.45) is 23.3 Å². The summed E-state index contributed by atoms with van der Waals surface area (Å²) in [6.07, 6.45) is 1.04. The van der Waals surface area contributed by atoms with Crippen LogP contribution in [0.3, 0.4) is 0 Å². The largest absolute Gasteiger partial charge is 0.330 e. The molecule has 0 spiro atoms. The van der Waals surface area contributed by atoms with Crippen LogP contribution in [0.1, 0.15) is 12.5 Å². The SMILES string of the molecule is CC(Cc1cccc(Br)c1)C(CN)CN. The van der Waals surface area contributed by atoms with Gasteiger partial charge in [-0.05, 0) is 49.0 Å². The Hall–Kier alpha value is -0.380. The van der Waals surface area contributed by atoms with Crippen LogP contribution in [0, 0.1) is 11.8 Å². The Labute approximate surface area is 100 Å². The minimum atomic E-state index is 0.420. The molecule has 0 aromatic heterocycles. The van der Waals surface area contributed by atoms with Gasteiger partial charge in [-0.3, -0.25) is 0 Å². The van der Waals surface area contributed by atoms with E-state index in [1.165, 1.54) is 5.56 Å². The Morgan fingerprint density at radius 1 is 1.27 bits per heavy atom. The third kappa shape index (κ3) is 3.93. The van der Waals surface area contributed by atoms with E-state index in [-0.39, 0.29) is 0 Å². The van der Waals surface area contributed by atoms with Crippen molar-refractivity contribution in [3.05, 3.63) is 34.3 Å². The van der Waals surface area contributed by atoms with Crippen LogP contribution >= 0.6 is 15.9 Å². The van der Waals surface area contributed by atoms with E-state index < -0.39 is 0 Å². The molecule has 0 aliphatic rings. The van der Waals surface area contributed by atoms with Gasteiger partial charge < -0.3 is 11.5 Å². The van der Waals surface area contributed by atoms with Crippen LogP contribution in [-0.2, 0) is 6.42 Å². The number of benzene rings is 1. The fourth-order valence-electron chi connectivity index (χ4n) is 1.76. The Morgan fingerprint density at radius 3 is 2.47 bits per heavy atom. The highest BCUT2D eigenvalue weighted by atomic mass is 79.9. The summed E-state index contributed by atoms with van der Waals surface area (Å²) in [4.78, 5) is 0. The minimum absolute atomic E-state index is 0.420. The second-order valence-corrected chi connectivity index (χ2v) is 4.96. The Morgan fingerprint density at radius 2 is 1.93 bits per heavy atom. The summed E-state index contributed by atoms with van der Waals surface area (Å²) in [5, 5.41) is 0. The van der Waals surface area contributed by atoms with Crippen molar-refractivity contribution in [1.29, 1.82) is 0 Å². The van der Waals surface area contributed by atoms with E-state index in [9.17, 15) is 0 Å². The van der Waals surface area contributed by atoms with Gasteiger partial charge in [0.2, 0.25) is 0 Å². The highest BCUT2D eigenvalue weighted by Crippen LogP contribution is 2.18. The molecule has 0 fully saturated rings. The van der Waals surface area contributed by atoms with Gasteiger partial charge in [-0.25, -0.2) is 0 Å². The maximum Gasteiger partial charge on any atom is 0.0177 e. The van der Waals surface area contributed by atoms with Gasteiger partial charge in [-0.1, -0.05) is 35.0 Å². The van der Waals surface area contributed by atoms with Gasteiger partial charge in [0.15, 0.2) is 0 Å². The average molecular weight is 271 g/mol. The van der Waals surface area contributed by atoms with Gasteiger partial charge in [-0.15, -0.1) is 0 Å². The van der Waals surface area contributed by atoms with Gasteiger partial charge in [0.25, 0.3) is 0 Å². The van der Waals surface area contributed by atoms with Crippen LogP contribution in [0.2, 0.25) is 0 Å². The van der Waals surface area contributed by atoms with Crippen molar-refractivity contribution in [3.8, 4) is 0 Å². The molecule has 0 amide bonds. The molecule has 1 unspecified atom stereocenters. The molecule has 0 bridgehead atoms. The second kappa shape index (κ2) is 6.26. The van der Waals surface area contributed by atoms with Crippen molar-refractivity contribution < 1.29 is 0 Å². The fraction of sp³-hybridized carbons (Fsp3) is 0.500. The smallest absolute Gasteiger partial charge is 0.0177 e. The molecule has 0 aliphatic heterocycles. The lowest BCUT2D eigenvalue weighted by Crippen LogP contribution is -2.30. The zero-order valence-electron chi connectivity index (χ0n) is 9.12. The molecule has 0 heterocycles. The van der Waals surface area contributed by atoms with E-state index in [0.717, 1.165) is 10.9 Å². The summed E-state index contributed by atoms with van der Waals surface area (Å²) in [5.74, 6) is 0.957. The molecule has 0 saturated carbocycles. The van der Waals surface area contributed by atoms with E-state index in [2.05, 4.69) is 41.1 Å². The summed E-state index contributed by atoms with van der Waals surface area (Å²) >= 11 is 3.47. The zero-order valence-corrected chi connectivity index (χ0v) is 10.7. The van der Waals surface area contributed by atoms with Gasteiger partial charge >= 0.3 is 0 Å². The van der Waals surface area contributed by atoms with E-state index in [4.69, 9.17) is 11.5 Å². The maximum absolute atomic E-state index is 5.68. The molecule has 4 N–H and O–H groups in total. The quantitative estimate of drug-likeness (QED) is 0.862. The monoisotopic (exact) mass is 270 g/mol. The molecule has 1 aromatic rings. The molecular formula is C12H19BrN2. The number of nitrogens with two attached hydrogens (primary N) is 2. The van der Waals surface area contributed by atoms with Gasteiger partial charge in [0.05, 0.1) is 0 Å². The van der Waals surface area contributed by atoms with Gasteiger partial charge in [0, 0.05) is 4.47 Å².